The maximum atomic E-state index is 11.9. The fourth-order valence-corrected chi connectivity index (χ4v) is 5.16. The molecule has 0 radical (unpaired) electrons. The van der Waals surface area contributed by atoms with Gasteiger partial charge >= 0.3 is 5.97 Å². The zero-order valence-corrected chi connectivity index (χ0v) is 17.1. The van der Waals surface area contributed by atoms with Crippen LogP contribution in [-0.2, 0) is 9.53 Å². The van der Waals surface area contributed by atoms with Crippen molar-refractivity contribution in [3.8, 4) is 5.75 Å². The minimum absolute atomic E-state index is 0.141. The SMILES string of the molecule is CC1(C)[C@@H]2CC[C@@H](CCOC(=O)CCCOc3ccc(Cl)cc3Cl)[C@@H]1C2. The predicted octanol–water partition coefficient (Wildman–Crippen LogP) is 6.16. The summed E-state index contributed by atoms with van der Waals surface area (Å²) in [5.41, 5.74) is 0.493. The molecule has 0 aromatic heterocycles. The van der Waals surface area contributed by atoms with Crippen LogP contribution in [0.15, 0.2) is 18.2 Å². The highest BCUT2D eigenvalue weighted by Crippen LogP contribution is 2.61. The van der Waals surface area contributed by atoms with Gasteiger partial charge in [0.2, 0.25) is 0 Å². The second kappa shape index (κ2) is 8.39. The molecule has 1 aromatic carbocycles. The van der Waals surface area contributed by atoms with Crippen molar-refractivity contribution in [3.63, 3.8) is 0 Å². The highest BCUT2D eigenvalue weighted by Gasteiger charge is 2.53. The van der Waals surface area contributed by atoms with Crippen molar-refractivity contribution in [3.05, 3.63) is 28.2 Å². The second-order valence-corrected chi connectivity index (χ2v) is 9.08. The molecule has 26 heavy (non-hydrogen) atoms. The van der Waals surface area contributed by atoms with Crippen molar-refractivity contribution >= 4 is 29.2 Å². The molecule has 144 valence electrons. The molecule has 0 saturated heterocycles. The first-order valence-electron chi connectivity index (χ1n) is 9.61. The summed E-state index contributed by atoms with van der Waals surface area (Å²) in [5.74, 6) is 2.90. The standard InChI is InChI=1S/C21H28Cl2O3/c1-21(2)15-6-5-14(17(21)12-15)9-11-26-20(24)4-3-10-25-19-8-7-16(22)13-18(19)23/h7-8,13-15,17H,3-6,9-12H2,1-2H3/t14-,15+,17-/m0/s1. The Hall–Kier alpha value is -0.930. The van der Waals surface area contributed by atoms with Gasteiger partial charge < -0.3 is 9.47 Å². The van der Waals surface area contributed by atoms with Gasteiger partial charge in [-0.3, -0.25) is 4.79 Å². The molecule has 5 heteroatoms. The van der Waals surface area contributed by atoms with Crippen LogP contribution in [0.5, 0.6) is 5.75 Å². The molecule has 3 nitrogen and oxygen atoms in total. The van der Waals surface area contributed by atoms with Crippen molar-refractivity contribution in [2.24, 2.45) is 23.2 Å². The van der Waals surface area contributed by atoms with Gasteiger partial charge in [0.25, 0.3) is 0 Å². The van der Waals surface area contributed by atoms with Gasteiger partial charge in [0.15, 0.2) is 0 Å². The summed E-state index contributed by atoms with van der Waals surface area (Å²) in [4.78, 5) is 11.9. The lowest BCUT2D eigenvalue weighted by Gasteiger charge is -2.60. The van der Waals surface area contributed by atoms with Crippen LogP contribution in [-0.4, -0.2) is 19.2 Å². The number of carbonyl (C=O) groups excluding carboxylic acids is 1. The second-order valence-electron chi connectivity index (χ2n) is 8.23. The van der Waals surface area contributed by atoms with Gasteiger partial charge in [-0.2, -0.15) is 0 Å². The molecule has 3 saturated carbocycles. The van der Waals surface area contributed by atoms with Crippen molar-refractivity contribution in [1.29, 1.82) is 0 Å². The normalized spacial score (nSPS) is 26.1. The lowest BCUT2D eigenvalue weighted by atomic mass is 9.45. The Morgan fingerprint density at radius 1 is 1.23 bits per heavy atom. The number of ether oxygens (including phenoxy) is 2. The monoisotopic (exact) mass is 398 g/mol. The Labute approximate surface area is 166 Å². The molecule has 3 aliphatic carbocycles. The molecule has 0 unspecified atom stereocenters. The molecule has 0 amide bonds. The zero-order chi connectivity index (χ0) is 18.7. The Morgan fingerprint density at radius 3 is 2.73 bits per heavy atom. The summed E-state index contributed by atoms with van der Waals surface area (Å²) in [6.07, 6.45) is 5.99. The van der Waals surface area contributed by atoms with Gasteiger partial charge in [-0.1, -0.05) is 37.0 Å². The van der Waals surface area contributed by atoms with Gasteiger partial charge in [-0.25, -0.2) is 0 Å². The number of hydrogen-bond acceptors (Lipinski definition) is 3. The quantitative estimate of drug-likeness (QED) is 0.388. The molecule has 2 bridgehead atoms. The topological polar surface area (TPSA) is 35.5 Å². The van der Waals surface area contributed by atoms with E-state index in [9.17, 15) is 4.79 Å². The molecule has 3 fully saturated rings. The number of fused-ring (bicyclic) bond motifs is 2. The fraction of sp³-hybridized carbons (Fsp3) is 0.667. The van der Waals surface area contributed by atoms with E-state index in [1.165, 1.54) is 19.3 Å². The van der Waals surface area contributed by atoms with Gasteiger partial charge in [0.1, 0.15) is 5.75 Å². The summed E-state index contributed by atoms with van der Waals surface area (Å²) in [7, 11) is 0. The van der Waals surface area contributed by atoms with Crippen LogP contribution in [0.2, 0.25) is 10.0 Å². The highest BCUT2D eigenvalue weighted by atomic mass is 35.5. The fourth-order valence-electron chi connectivity index (χ4n) is 4.70. The molecule has 1 aromatic rings. The van der Waals surface area contributed by atoms with Crippen molar-refractivity contribution in [1.82, 2.24) is 0 Å². The summed E-state index contributed by atoms with van der Waals surface area (Å²) < 4.78 is 11.0. The number of hydrogen-bond donors (Lipinski definition) is 0. The van der Waals surface area contributed by atoms with E-state index in [1.807, 2.05) is 0 Å². The summed E-state index contributed by atoms with van der Waals surface area (Å²) in [5, 5.41) is 1.05. The van der Waals surface area contributed by atoms with Crippen molar-refractivity contribution in [2.45, 2.75) is 52.4 Å². The predicted molar refractivity (Wildman–Crippen MR) is 105 cm³/mol. The first kappa shape index (κ1) is 19.8. The molecule has 4 rings (SSSR count). The lowest BCUT2D eigenvalue weighted by molar-refractivity contribution is -0.146. The smallest absolute Gasteiger partial charge is 0.305 e. The van der Waals surface area contributed by atoms with Crippen LogP contribution >= 0.6 is 23.2 Å². The number of benzene rings is 1. The Balaban J connectivity index is 1.29. The van der Waals surface area contributed by atoms with Crippen LogP contribution in [0.1, 0.15) is 52.4 Å². The van der Waals surface area contributed by atoms with E-state index >= 15 is 0 Å². The largest absolute Gasteiger partial charge is 0.492 e. The van der Waals surface area contributed by atoms with Crippen LogP contribution < -0.4 is 4.74 Å². The molecule has 0 aliphatic heterocycles. The molecular formula is C21H28Cl2O3. The average molecular weight is 399 g/mol. The van der Waals surface area contributed by atoms with Gasteiger partial charge in [-0.05, 0) is 73.5 Å². The molecule has 0 spiro atoms. The minimum Gasteiger partial charge on any atom is -0.492 e. The first-order valence-corrected chi connectivity index (χ1v) is 10.4. The van der Waals surface area contributed by atoms with Crippen LogP contribution in [0, 0.1) is 23.2 Å². The summed E-state index contributed by atoms with van der Waals surface area (Å²) in [6, 6.07) is 5.11. The molecule has 3 aliphatic rings. The molecule has 0 heterocycles. The number of esters is 1. The van der Waals surface area contributed by atoms with Gasteiger partial charge in [-0.15, -0.1) is 0 Å². The highest BCUT2D eigenvalue weighted by molar-refractivity contribution is 6.35. The van der Waals surface area contributed by atoms with Gasteiger partial charge in [0, 0.05) is 11.4 Å². The van der Waals surface area contributed by atoms with Crippen molar-refractivity contribution in [2.75, 3.05) is 13.2 Å². The minimum atomic E-state index is -0.141. The molecule has 3 atom stereocenters. The van der Waals surface area contributed by atoms with Gasteiger partial charge in [0.05, 0.1) is 18.2 Å². The maximum absolute atomic E-state index is 11.9. The number of rotatable bonds is 8. The lowest BCUT2D eigenvalue weighted by Crippen LogP contribution is -2.52. The Kier molecular flexibility index (Phi) is 6.40. The molecular weight excluding hydrogens is 371 g/mol. The van der Waals surface area contributed by atoms with Crippen LogP contribution in [0.4, 0.5) is 0 Å². The van der Waals surface area contributed by atoms with E-state index in [2.05, 4.69) is 13.8 Å². The third-order valence-electron chi connectivity index (χ3n) is 6.43. The number of carbonyl (C=O) groups is 1. The van der Waals surface area contributed by atoms with E-state index in [1.54, 1.807) is 18.2 Å². The Morgan fingerprint density at radius 2 is 2.04 bits per heavy atom. The van der Waals surface area contributed by atoms with Crippen LogP contribution in [0.25, 0.3) is 0 Å². The van der Waals surface area contributed by atoms with Crippen LogP contribution in [0.3, 0.4) is 0 Å². The zero-order valence-electron chi connectivity index (χ0n) is 15.6. The first-order chi connectivity index (χ1) is 12.4. The van der Waals surface area contributed by atoms with E-state index in [4.69, 9.17) is 32.7 Å². The molecule has 0 N–H and O–H groups in total. The third kappa shape index (κ3) is 4.48. The average Bonchev–Trinajstić information content (AvgIpc) is 2.60. The van der Waals surface area contributed by atoms with E-state index in [0.29, 0.717) is 47.3 Å². The maximum Gasteiger partial charge on any atom is 0.305 e. The van der Waals surface area contributed by atoms with E-state index in [-0.39, 0.29) is 5.97 Å². The third-order valence-corrected chi connectivity index (χ3v) is 6.96. The summed E-state index contributed by atoms with van der Waals surface area (Å²) >= 11 is 11.9. The summed E-state index contributed by atoms with van der Waals surface area (Å²) in [6.45, 7) is 5.77. The van der Waals surface area contributed by atoms with E-state index in [0.717, 1.165) is 24.2 Å². The van der Waals surface area contributed by atoms with Crippen molar-refractivity contribution < 1.29 is 14.3 Å². The number of halogens is 2. The van der Waals surface area contributed by atoms with E-state index < -0.39 is 0 Å². The Bertz CT molecular complexity index is 642.